The Labute approximate surface area is 102 Å². The molecule has 0 heterocycles. The fourth-order valence-corrected chi connectivity index (χ4v) is 1.59. The van der Waals surface area contributed by atoms with Crippen molar-refractivity contribution in [1.29, 1.82) is 0 Å². The minimum Gasteiger partial charge on any atom is -0.508 e. The summed E-state index contributed by atoms with van der Waals surface area (Å²) in [5.74, 6) is 6.31. The van der Waals surface area contributed by atoms with Gasteiger partial charge in [-0.3, -0.25) is 4.79 Å². The number of carbonyl (C=O) groups excluding carboxylic acids is 1. The Morgan fingerprint density at radius 1 is 1.35 bits per heavy atom. The third-order valence-corrected chi connectivity index (χ3v) is 2.35. The van der Waals surface area contributed by atoms with Gasteiger partial charge in [0.05, 0.1) is 0 Å². The van der Waals surface area contributed by atoms with Gasteiger partial charge in [-0.2, -0.15) is 0 Å². The highest BCUT2D eigenvalue weighted by molar-refractivity contribution is 5.72. The minimum absolute atomic E-state index is 0.0382. The maximum atomic E-state index is 10.6. The Morgan fingerprint density at radius 3 is 2.47 bits per heavy atom. The van der Waals surface area contributed by atoms with Crippen LogP contribution in [0.5, 0.6) is 5.75 Å². The molecule has 0 fully saturated rings. The predicted molar refractivity (Wildman–Crippen MR) is 67.8 cm³/mol. The third-order valence-electron chi connectivity index (χ3n) is 2.35. The van der Waals surface area contributed by atoms with E-state index in [1.807, 2.05) is 13.8 Å². The molecule has 0 saturated heterocycles. The van der Waals surface area contributed by atoms with Crippen molar-refractivity contribution < 1.29 is 9.90 Å². The van der Waals surface area contributed by atoms with Crippen LogP contribution in [-0.4, -0.2) is 17.6 Å². The molecule has 0 atom stereocenters. The van der Waals surface area contributed by atoms with Crippen molar-refractivity contribution in [3.05, 3.63) is 28.8 Å². The number of carbonyl (C=O) groups is 1. The second kappa shape index (κ2) is 5.95. The van der Waals surface area contributed by atoms with E-state index in [4.69, 9.17) is 0 Å². The first-order chi connectivity index (χ1) is 8.00. The molecular formula is C14H17NO2. The van der Waals surface area contributed by atoms with Crippen LogP contribution >= 0.6 is 0 Å². The summed E-state index contributed by atoms with van der Waals surface area (Å²) in [6, 6.07) is 3.40. The predicted octanol–water partition coefficient (Wildman–Crippen LogP) is 1.89. The van der Waals surface area contributed by atoms with E-state index in [-0.39, 0.29) is 11.7 Å². The topological polar surface area (TPSA) is 49.3 Å². The van der Waals surface area contributed by atoms with Gasteiger partial charge in [-0.1, -0.05) is 11.8 Å². The second-order valence-corrected chi connectivity index (χ2v) is 3.99. The van der Waals surface area contributed by atoms with Crippen LogP contribution in [0.1, 0.15) is 30.0 Å². The fraction of sp³-hybridized carbons (Fsp3) is 0.357. The number of aryl methyl sites for hydroxylation is 2. The zero-order chi connectivity index (χ0) is 12.8. The molecule has 0 bridgehead atoms. The van der Waals surface area contributed by atoms with Gasteiger partial charge in [0.1, 0.15) is 5.75 Å². The molecule has 0 unspecified atom stereocenters. The van der Waals surface area contributed by atoms with Crippen LogP contribution < -0.4 is 5.32 Å². The number of benzene rings is 1. The normalized spacial score (nSPS) is 9.35. The lowest BCUT2D eigenvalue weighted by Gasteiger charge is -2.03. The number of hydrogen-bond acceptors (Lipinski definition) is 2. The SMILES string of the molecule is CC(=O)NCCC#Cc1c(C)cc(O)cc1C. The molecule has 0 saturated carbocycles. The Bertz CT molecular complexity index is 458. The third kappa shape index (κ3) is 4.20. The van der Waals surface area contributed by atoms with E-state index in [1.54, 1.807) is 12.1 Å². The summed E-state index contributed by atoms with van der Waals surface area (Å²) >= 11 is 0. The van der Waals surface area contributed by atoms with Crippen molar-refractivity contribution in [3.8, 4) is 17.6 Å². The number of phenolic OH excluding ortho intramolecular Hbond substituents is 1. The molecule has 1 amide bonds. The van der Waals surface area contributed by atoms with Gasteiger partial charge >= 0.3 is 0 Å². The zero-order valence-corrected chi connectivity index (χ0v) is 10.4. The maximum Gasteiger partial charge on any atom is 0.216 e. The largest absolute Gasteiger partial charge is 0.508 e. The highest BCUT2D eigenvalue weighted by Gasteiger charge is 2.01. The van der Waals surface area contributed by atoms with Crippen molar-refractivity contribution >= 4 is 5.91 Å². The summed E-state index contributed by atoms with van der Waals surface area (Å²) in [7, 11) is 0. The smallest absolute Gasteiger partial charge is 0.216 e. The lowest BCUT2D eigenvalue weighted by Crippen LogP contribution is -2.20. The molecule has 1 rings (SSSR count). The van der Waals surface area contributed by atoms with E-state index in [1.165, 1.54) is 6.92 Å². The average Bonchev–Trinajstić information content (AvgIpc) is 2.20. The van der Waals surface area contributed by atoms with Crippen LogP contribution in [0.15, 0.2) is 12.1 Å². The van der Waals surface area contributed by atoms with Crippen molar-refractivity contribution in [3.63, 3.8) is 0 Å². The second-order valence-electron chi connectivity index (χ2n) is 3.99. The van der Waals surface area contributed by atoms with Crippen LogP contribution in [0.4, 0.5) is 0 Å². The first kappa shape index (κ1) is 13.1. The Hall–Kier alpha value is -1.95. The van der Waals surface area contributed by atoms with Gasteiger partial charge in [0.25, 0.3) is 0 Å². The van der Waals surface area contributed by atoms with Crippen molar-refractivity contribution in [1.82, 2.24) is 5.32 Å². The molecule has 0 aromatic heterocycles. The molecule has 1 aromatic carbocycles. The molecule has 1 aromatic rings. The summed E-state index contributed by atoms with van der Waals surface area (Å²) in [6.45, 7) is 5.90. The van der Waals surface area contributed by atoms with Crippen molar-refractivity contribution in [2.45, 2.75) is 27.2 Å². The highest BCUT2D eigenvalue weighted by Crippen LogP contribution is 2.19. The van der Waals surface area contributed by atoms with E-state index in [9.17, 15) is 9.90 Å². The van der Waals surface area contributed by atoms with Gasteiger partial charge in [0.2, 0.25) is 5.91 Å². The molecule has 2 N–H and O–H groups in total. The molecule has 90 valence electrons. The number of phenols is 1. The van der Waals surface area contributed by atoms with Crippen LogP contribution in [0.3, 0.4) is 0 Å². The van der Waals surface area contributed by atoms with Crippen LogP contribution in [0, 0.1) is 25.7 Å². The lowest BCUT2D eigenvalue weighted by atomic mass is 10.0. The Morgan fingerprint density at radius 2 is 1.94 bits per heavy atom. The van der Waals surface area contributed by atoms with E-state index < -0.39 is 0 Å². The summed E-state index contributed by atoms with van der Waals surface area (Å²) in [4.78, 5) is 10.6. The van der Waals surface area contributed by atoms with E-state index >= 15 is 0 Å². The van der Waals surface area contributed by atoms with E-state index in [0.29, 0.717) is 13.0 Å². The monoisotopic (exact) mass is 231 g/mol. The van der Waals surface area contributed by atoms with Crippen LogP contribution in [-0.2, 0) is 4.79 Å². The molecule has 0 aliphatic heterocycles. The van der Waals surface area contributed by atoms with Gasteiger partial charge in [0, 0.05) is 25.5 Å². The molecule has 0 aliphatic rings. The molecule has 0 spiro atoms. The molecule has 3 nitrogen and oxygen atoms in total. The number of amides is 1. The Balaban J connectivity index is 2.69. The van der Waals surface area contributed by atoms with E-state index in [0.717, 1.165) is 16.7 Å². The molecule has 0 aliphatic carbocycles. The van der Waals surface area contributed by atoms with Crippen LogP contribution in [0.2, 0.25) is 0 Å². The van der Waals surface area contributed by atoms with Crippen LogP contribution in [0.25, 0.3) is 0 Å². The Kier molecular flexibility index (Phi) is 4.59. The lowest BCUT2D eigenvalue weighted by molar-refractivity contribution is -0.118. The van der Waals surface area contributed by atoms with Gasteiger partial charge in [-0.15, -0.1) is 0 Å². The number of rotatable bonds is 2. The van der Waals surface area contributed by atoms with Crippen molar-refractivity contribution in [2.75, 3.05) is 6.54 Å². The molecule has 17 heavy (non-hydrogen) atoms. The highest BCUT2D eigenvalue weighted by atomic mass is 16.3. The van der Waals surface area contributed by atoms with E-state index in [2.05, 4.69) is 17.2 Å². The van der Waals surface area contributed by atoms with Crippen molar-refractivity contribution in [2.24, 2.45) is 0 Å². The van der Waals surface area contributed by atoms with Gasteiger partial charge < -0.3 is 10.4 Å². The first-order valence-electron chi connectivity index (χ1n) is 5.54. The summed E-state index contributed by atoms with van der Waals surface area (Å²) in [5.41, 5.74) is 2.88. The van der Waals surface area contributed by atoms with Gasteiger partial charge in [-0.05, 0) is 37.1 Å². The summed E-state index contributed by atoms with van der Waals surface area (Å²) < 4.78 is 0. The molecule has 3 heteroatoms. The average molecular weight is 231 g/mol. The number of hydrogen-bond donors (Lipinski definition) is 2. The summed E-state index contributed by atoms with van der Waals surface area (Å²) in [6.07, 6.45) is 0.624. The number of nitrogens with one attached hydrogen (secondary N) is 1. The first-order valence-corrected chi connectivity index (χ1v) is 5.54. The summed E-state index contributed by atoms with van der Waals surface area (Å²) in [5, 5.41) is 12.1. The zero-order valence-electron chi connectivity index (χ0n) is 10.4. The number of aromatic hydroxyl groups is 1. The quantitative estimate of drug-likeness (QED) is 0.603. The molecule has 0 radical (unpaired) electrons. The maximum absolute atomic E-state index is 10.6. The molecular weight excluding hydrogens is 214 g/mol. The fourth-order valence-electron chi connectivity index (χ4n) is 1.59. The van der Waals surface area contributed by atoms with Gasteiger partial charge in [-0.25, -0.2) is 0 Å². The minimum atomic E-state index is -0.0382. The van der Waals surface area contributed by atoms with Gasteiger partial charge in [0.15, 0.2) is 0 Å². The standard InChI is InChI=1S/C14H17NO2/c1-10-8-13(17)9-11(2)14(10)6-4-5-7-15-12(3)16/h8-9,17H,5,7H2,1-3H3,(H,15,16).